The van der Waals surface area contributed by atoms with Gasteiger partial charge in [-0.2, -0.15) is 11.8 Å². The third-order valence-electron chi connectivity index (χ3n) is 1.63. The van der Waals surface area contributed by atoms with Gasteiger partial charge in [0.2, 0.25) is 5.95 Å². The van der Waals surface area contributed by atoms with E-state index in [0.717, 1.165) is 12.5 Å². The van der Waals surface area contributed by atoms with Crippen LogP contribution in [0.1, 0.15) is 6.92 Å². The van der Waals surface area contributed by atoms with Crippen molar-refractivity contribution in [3.8, 4) is 0 Å². The summed E-state index contributed by atoms with van der Waals surface area (Å²) in [5, 5.41) is 3.19. The van der Waals surface area contributed by atoms with E-state index in [4.69, 9.17) is 0 Å². The highest BCUT2D eigenvalue weighted by molar-refractivity contribution is 7.98. The standard InChI is InChI=1S/C9H15N3S/c1-8(7-13-2)6-12-9-10-4-3-5-11-9/h3-5,8H,6-7H2,1-2H3,(H,10,11,12). The zero-order valence-corrected chi connectivity index (χ0v) is 8.84. The molecule has 0 amide bonds. The van der Waals surface area contributed by atoms with E-state index in [1.165, 1.54) is 5.75 Å². The summed E-state index contributed by atoms with van der Waals surface area (Å²) in [5.41, 5.74) is 0. The molecule has 13 heavy (non-hydrogen) atoms. The highest BCUT2D eigenvalue weighted by atomic mass is 32.2. The molecule has 1 rings (SSSR count). The SMILES string of the molecule is CSCC(C)CNc1ncccn1. The minimum Gasteiger partial charge on any atom is -0.354 e. The molecule has 0 fully saturated rings. The van der Waals surface area contributed by atoms with Crippen molar-refractivity contribution < 1.29 is 0 Å². The summed E-state index contributed by atoms with van der Waals surface area (Å²) in [7, 11) is 0. The Morgan fingerprint density at radius 1 is 1.46 bits per heavy atom. The molecule has 0 aliphatic carbocycles. The minimum atomic E-state index is 0.652. The number of thioether (sulfide) groups is 1. The second-order valence-corrected chi connectivity index (χ2v) is 3.92. The average Bonchev–Trinajstić information content (AvgIpc) is 2.17. The van der Waals surface area contributed by atoms with E-state index < -0.39 is 0 Å². The van der Waals surface area contributed by atoms with E-state index >= 15 is 0 Å². The van der Waals surface area contributed by atoms with Gasteiger partial charge in [-0.15, -0.1) is 0 Å². The van der Waals surface area contributed by atoms with E-state index in [1.54, 1.807) is 12.4 Å². The normalized spacial score (nSPS) is 12.5. The third-order valence-corrected chi connectivity index (χ3v) is 2.53. The second-order valence-electron chi connectivity index (χ2n) is 3.01. The summed E-state index contributed by atoms with van der Waals surface area (Å²) in [4.78, 5) is 8.16. The summed E-state index contributed by atoms with van der Waals surface area (Å²) < 4.78 is 0. The number of nitrogens with zero attached hydrogens (tertiary/aromatic N) is 2. The minimum absolute atomic E-state index is 0.652. The molecule has 0 aliphatic heterocycles. The Labute approximate surface area is 83.4 Å². The largest absolute Gasteiger partial charge is 0.354 e. The molecule has 3 nitrogen and oxygen atoms in total. The number of rotatable bonds is 5. The molecule has 1 N–H and O–H groups in total. The lowest BCUT2D eigenvalue weighted by Gasteiger charge is -2.10. The van der Waals surface area contributed by atoms with Gasteiger partial charge in [-0.05, 0) is 24.0 Å². The molecule has 1 atom stereocenters. The van der Waals surface area contributed by atoms with Gasteiger partial charge in [0.25, 0.3) is 0 Å². The molecule has 0 saturated heterocycles. The Bertz CT molecular complexity index is 228. The van der Waals surface area contributed by atoms with Crippen LogP contribution in [-0.2, 0) is 0 Å². The van der Waals surface area contributed by atoms with Crippen LogP contribution in [0.3, 0.4) is 0 Å². The molecule has 1 aromatic heterocycles. The molecule has 0 aliphatic rings. The Morgan fingerprint density at radius 2 is 2.15 bits per heavy atom. The maximum Gasteiger partial charge on any atom is 0.222 e. The maximum absolute atomic E-state index is 4.08. The number of aromatic nitrogens is 2. The van der Waals surface area contributed by atoms with Crippen molar-refractivity contribution in [2.24, 2.45) is 5.92 Å². The summed E-state index contributed by atoms with van der Waals surface area (Å²) in [6, 6.07) is 1.82. The van der Waals surface area contributed by atoms with Crippen LogP contribution in [0.2, 0.25) is 0 Å². The average molecular weight is 197 g/mol. The summed E-state index contributed by atoms with van der Waals surface area (Å²) >= 11 is 1.86. The fourth-order valence-corrected chi connectivity index (χ4v) is 1.69. The van der Waals surface area contributed by atoms with E-state index in [-0.39, 0.29) is 0 Å². The van der Waals surface area contributed by atoms with Crippen molar-refractivity contribution in [2.45, 2.75) is 6.92 Å². The molecule has 72 valence electrons. The van der Waals surface area contributed by atoms with E-state index in [2.05, 4.69) is 28.5 Å². The van der Waals surface area contributed by atoms with Gasteiger partial charge in [0.05, 0.1) is 0 Å². The van der Waals surface area contributed by atoms with Crippen molar-refractivity contribution in [2.75, 3.05) is 23.9 Å². The molecule has 4 heteroatoms. The van der Waals surface area contributed by atoms with Gasteiger partial charge in [0, 0.05) is 18.9 Å². The van der Waals surface area contributed by atoms with Crippen molar-refractivity contribution in [3.63, 3.8) is 0 Å². The molecular weight excluding hydrogens is 182 g/mol. The predicted octanol–water partition coefficient (Wildman–Crippen LogP) is 1.89. The Morgan fingerprint density at radius 3 is 2.77 bits per heavy atom. The first-order valence-corrected chi connectivity index (χ1v) is 5.72. The number of hydrogen-bond donors (Lipinski definition) is 1. The fraction of sp³-hybridized carbons (Fsp3) is 0.556. The Hall–Kier alpha value is -0.770. The lowest BCUT2D eigenvalue weighted by Crippen LogP contribution is -2.14. The summed E-state index contributed by atoms with van der Waals surface area (Å²) in [6.45, 7) is 3.15. The van der Waals surface area contributed by atoms with E-state index in [9.17, 15) is 0 Å². The quantitative estimate of drug-likeness (QED) is 0.782. The van der Waals surface area contributed by atoms with Crippen LogP contribution in [0.4, 0.5) is 5.95 Å². The molecule has 0 bridgehead atoms. The molecule has 0 aromatic carbocycles. The zero-order chi connectivity index (χ0) is 9.52. The van der Waals surface area contributed by atoms with E-state index in [0.29, 0.717) is 5.92 Å². The Balaban J connectivity index is 2.27. The van der Waals surface area contributed by atoms with Crippen LogP contribution < -0.4 is 5.32 Å². The lowest BCUT2D eigenvalue weighted by atomic mass is 10.2. The first kappa shape index (κ1) is 10.3. The topological polar surface area (TPSA) is 37.8 Å². The molecule has 0 saturated carbocycles. The van der Waals surface area contributed by atoms with Gasteiger partial charge >= 0.3 is 0 Å². The van der Waals surface area contributed by atoms with Crippen LogP contribution in [-0.4, -0.2) is 28.5 Å². The van der Waals surface area contributed by atoms with Gasteiger partial charge in [0.15, 0.2) is 0 Å². The molecule has 1 aromatic rings. The van der Waals surface area contributed by atoms with Crippen LogP contribution in [0.15, 0.2) is 18.5 Å². The zero-order valence-electron chi connectivity index (χ0n) is 8.03. The highest BCUT2D eigenvalue weighted by Gasteiger charge is 2.00. The van der Waals surface area contributed by atoms with Gasteiger partial charge in [-0.3, -0.25) is 0 Å². The maximum atomic E-state index is 4.08. The van der Waals surface area contributed by atoms with Gasteiger partial charge < -0.3 is 5.32 Å². The van der Waals surface area contributed by atoms with Crippen LogP contribution in [0.5, 0.6) is 0 Å². The number of nitrogens with one attached hydrogen (secondary N) is 1. The molecule has 0 spiro atoms. The molecule has 0 radical (unpaired) electrons. The number of anilines is 1. The molecular formula is C9H15N3S. The second kappa shape index (κ2) is 5.80. The monoisotopic (exact) mass is 197 g/mol. The van der Waals surface area contributed by atoms with Crippen LogP contribution >= 0.6 is 11.8 Å². The van der Waals surface area contributed by atoms with Crippen molar-refractivity contribution in [1.82, 2.24) is 9.97 Å². The van der Waals surface area contributed by atoms with Crippen LogP contribution in [0.25, 0.3) is 0 Å². The summed E-state index contributed by atoms with van der Waals surface area (Å²) in [5.74, 6) is 2.54. The first-order chi connectivity index (χ1) is 6.33. The Kier molecular flexibility index (Phi) is 4.60. The fourth-order valence-electron chi connectivity index (χ4n) is 0.999. The highest BCUT2D eigenvalue weighted by Crippen LogP contribution is 2.05. The van der Waals surface area contributed by atoms with Crippen molar-refractivity contribution in [3.05, 3.63) is 18.5 Å². The third kappa shape index (κ3) is 4.12. The van der Waals surface area contributed by atoms with Crippen LogP contribution in [0, 0.1) is 5.92 Å². The predicted molar refractivity (Wildman–Crippen MR) is 58.1 cm³/mol. The van der Waals surface area contributed by atoms with Gasteiger partial charge in [-0.25, -0.2) is 9.97 Å². The van der Waals surface area contributed by atoms with Crippen molar-refractivity contribution >= 4 is 17.7 Å². The molecule has 1 heterocycles. The summed E-state index contributed by atoms with van der Waals surface area (Å²) in [6.07, 6.45) is 5.61. The molecule has 1 unspecified atom stereocenters. The first-order valence-electron chi connectivity index (χ1n) is 4.32. The lowest BCUT2D eigenvalue weighted by molar-refractivity contribution is 0.697. The van der Waals surface area contributed by atoms with Gasteiger partial charge in [0.1, 0.15) is 0 Å². The van der Waals surface area contributed by atoms with Gasteiger partial charge in [-0.1, -0.05) is 6.92 Å². The smallest absolute Gasteiger partial charge is 0.222 e. The van der Waals surface area contributed by atoms with E-state index in [1.807, 2.05) is 17.8 Å². The van der Waals surface area contributed by atoms with Crippen molar-refractivity contribution in [1.29, 1.82) is 0 Å². The number of hydrogen-bond acceptors (Lipinski definition) is 4.